The van der Waals surface area contributed by atoms with Crippen LogP contribution in [0.2, 0.25) is 0 Å². The molecule has 0 aliphatic carbocycles. The molecule has 0 spiro atoms. The topological polar surface area (TPSA) is 114 Å². The number of sulfonamides is 1. The molecule has 2 aromatic heterocycles. The van der Waals surface area contributed by atoms with E-state index in [-0.39, 0.29) is 17.9 Å². The molecule has 29 heavy (non-hydrogen) atoms. The minimum atomic E-state index is -3.53. The molecule has 4 N–H and O–H groups in total. The zero-order chi connectivity index (χ0) is 20.6. The Morgan fingerprint density at radius 2 is 2.03 bits per heavy atom. The Balaban J connectivity index is 1.97. The second-order valence-corrected chi connectivity index (χ2v) is 9.23. The number of nitrogens with two attached hydrogens (primary N) is 1. The number of H-pyrrole nitrogens is 1. The zero-order valence-electron chi connectivity index (χ0n) is 15.6. The van der Waals surface area contributed by atoms with Crippen molar-refractivity contribution in [2.24, 2.45) is 5.73 Å². The maximum atomic E-state index is 12.4. The van der Waals surface area contributed by atoms with Crippen molar-refractivity contribution >= 4 is 48.0 Å². The highest BCUT2D eigenvalue weighted by atomic mass is 32.2. The zero-order valence-corrected chi connectivity index (χ0v) is 17.2. The van der Waals surface area contributed by atoms with Crippen LogP contribution < -0.4 is 20.8 Å². The van der Waals surface area contributed by atoms with E-state index in [1.807, 2.05) is 23.6 Å². The van der Waals surface area contributed by atoms with E-state index >= 15 is 0 Å². The predicted octanol–water partition coefficient (Wildman–Crippen LogP) is 3.12. The molecule has 4 aromatic rings. The molecule has 2 aromatic carbocycles. The number of aromatic amines is 1. The summed E-state index contributed by atoms with van der Waals surface area (Å²) in [6, 6.07) is 12.6. The van der Waals surface area contributed by atoms with Crippen LogP contribution in [0.25, 0.3) is 32.1 Å². The standard InChI is InChI=1S/C20H19N3O4S2/c1-27-16-6-5-15-18(14-7-9-28-19(14)20(24)22-15)17(16)12-3-2-4-13(11-12)23-29(25,26)10-8-21/h2-7,9,11,23H,8,10,21H2,1H3,(H,22,24). The van der Waals surface area contributed by atoms with Crippen molar-refractivity contribution in [3.05, 3.63) is 58.2 Å². The number of aromatic nitrogens is 1. The van der Waals surface area contributed by atoms with Crippen molar-refractivity contribution < 1.29 is 13.2 Å². The Morgan fingerprint density at radius 3 is 2.79 bits per heavy atom. The first-order valence-corrected chi connectivity index (χ1v) is 11.4. The Kier molecular flexibility index (Phi) is 5.03. The monoisotopic (exact) mass is 429 g/mol. The van der Waals surface area contributed by atoms with Crippen LogP contribution in [0.4, 0.5) is 5.69 Å². The Labute approximate surface area is 171 Å². The minimum absolute atomic E-state index is 0.0374. The lowest BCUT2D eigenvalue weighted by atomic mass is 9.97. The summed E-state index contributed by atoms with van der Waals surface area (Å²) in [5.41, 5.74) is 7.91. The first-order valence-electron chi connectivity index (χ1n) is 8.84. The van der Waals surface area contributed by atoms with Crippen LogP contribution in [0.5, 0.6) is 5.75 Å². The van der Waals surface area contributed by atoms with Gasteiger partial charge in [0.1, 0.15) is 10.4 Å². The van der Waals surface area contributed by atoms with Crippen LogP contribution in [-0.2, 0) is 10.0 Å². The fraction of sp³-hybridized carbons (Fsp3) is 0.150. The van der Waals surface area contributed by atoms with Gasteiger partial charge in [-0.15, -0.1) is 11.3 Å². The van der Waals surface area contributed by atoms with Gasteiger partial charge in [-0.1, -0.05) is 12.1 Å². The lowest BCUT2D eigenvalue weighted by Crippen LogP contribution is -2.22. The SMILES string of the molecule is COc1ccc2[nH]c(=O)c3sccc3c2c1-c1cccc(NS(=O)(=O)CCN)c1. The molecular weight excluding hydrogens is 410 g/mol. The average molecular weight is 430 g/mol. The van der Waals surface area contributed by atoms with E-state index in [0.29, 0.717) is 21.7 Å². The van der Waals surface area contributed by atoms with Crippen molar-refractivity contribution in [3.63, 3.8) is 0 Å². The minimum Gasteiger partial charge on any atom is -0.496 e. The molecule has 0 atom stereocenters. The Bertz CT molecular complexity index is 1370. The molecule has 150 valence electrons. The predicted molar refractivity (Wildman–Crippen MR) is 118 cm³/mol. The highest BCUT2D eigenvalue weighted by molar-refractivity contribution is 7.92. The third-order valence-electron chi connectivity index (χ3n) is 4.59. The quantitative estimate of drug-likeness (QED) is 0.436. The number of pyridine rings is 1. The van der Waals surface area contributed by atoms with E-state index in [9.17, 15) is 13.2 Å². The number of fused-ring (bicyclic) bond motifs is 3. The molecule has 0 saturated carbocycles. The number of hydrogen-bond acceptors (Lipinski definition) is 6. The highest BCUT2D eigenvalue weighted by Gasteiger charge is 2.17. The van der Waals surface area contributed by atoms with Gasteiger partial charge in [-0.25, -0.2) is 8.42 Å². The summed E-state index contributed by atoms with van der Waals surface area (Å²) >= 11 is 1.37. The molecular formula is C20H19N3O4S2. The summed E-state index contributed by atoms with van der Waals surface area (Å²) in [4.78, 5) is 15.3. The summed E-state index contributed by atoms with van der Waals surface area (Å²) in [6.45, 7) is 0.0374. The third kappa shape index (κ3) is 3.59. The van der Waals surface area contributed by atoms with Crippen molar-refractivity contribution in [3.8, 4) is 16.9 Å². The van der Waals surface area contributed by atoms with Gasteiger partial charge in [0.25, 0.3) is 5.56 Å². The average Bonchev–Trinajstić information content (AvgIpc) is 3.17. The summed E-state index contributed by atoms with van der Waals surface area (Å²) in [6.07, 6.45) is 0. The normalized spacial score (nSPS) is 11.8. The maximum Gasteiger partial charge on any atom is 0.266 e. The first-order chi connectivity index (χ1) is 13.9. The van der Waals surface area contributed by atoms with Gasteiger partial charge in [0, 0.05) is 34.1 Å². The van der Waals surface area contributed by atoms with Crippen molar-refractivity contribution in [2.45, 2.75) is 0 Å². The van der Waals surface area contributed by atoms with E-state index < -0.39 is 10.0 Å². The van der Waals surface area contributed by atoms with E-state index in [0.717, 1.165) is 21.9 Å². The van der Waals surface area contributed by atoms with Gasteiger partial charge in [-0.3, -0.25) is 9.52 Å². The molecule has 0 unspecified atom stereocenters. The molecule has 9 heteroatoms. The Hall–Kier alpha value is -2.88. The van der Waals surface area contributed by atoms with Gasteiger partial charge in [0.15, 0.2) is 0 Å². The van der Waals surface area contributed by atoms with Gasteiger partial charge in [0.2, 0.25) is 10.0 Å². The number of hydrogen-bond donors (Lipinski definition) is 3. The third-order valence-corrected chi connectivity index (χ3v) is 6.82. The lowest BCUT2D eigenvalue weighted by molar-refractivity contribution is 0.417. The molecule has 0 saturated heterocycles. The molecule has 0 aliphatic rings. The number of rotatable bonds is 6. The van der Waals surface area contributed by atoms with Crippen LogP contribution in [0.15, 0.2) is 52.6 Å². The van der Waals surface area contributed by atoms with E-state index in [4.69, 9.17) is 10.5 Å². The second kappa shape index (κ2) is 7.51. The van der Waals surface area contributed by atoms with Gasteiger partial charge >= 0.3 is 0 Å². The van der Waals surface area contributed by atoms with Gasteiger partial charge in [-0.2, -0.15) is 0 Å². The van der Waals surface area contributed by atoms with Crippen molar-refractivity contribution in [2.75, 3.05) is 24.1 Å². The van der Waals surface area contributed by atoms with Crippen LogP contribution in [0, 0.1) is 0 Å². The van der Waals surface area contributed by atoms with E-state index in [2.05, 4.69) is 9.71 Å². The molecule has 0 bridgehead atoms. The second-order valence-electron chi connectivity index (χ2n) is 6.47. The lowest BCUT2D eigenvalue weighted by Gasteiger charge is -2.15. The molecule has 0 aliphatic heterocycles. The summed E-state index contributed by atoms with van der Waals surface area (Å²) in [5, 5.41) is 3.55. The summed E-state index contributed by atoms with van der Waals surface area (Å²) in [5.74, 6) is 0.463. The number of benzene rings is 2. The highest BCUT2D eigenvalue weighted by Crippen LogP contribution is 2.40. The number of anilines is 1. The number of ether oxygens (including phenoxy) is 1. The Morgan fingerprint density at radius 1 is 1.21 bits per heavy atom. The fourth-order valence-electron chi connectivity index (χ4n) is 3.41. The van der Waals surface area contributed by atoms with Gasteiger partial charge in [0.05, 0.1) is 12.9 Å². The van der Waals surface area contributed by atoms with Crippen LogP contribution in [0.1, 0.15) is 0 Å². The van der Waals surface area contributed by atoms with Crippen LogP contribution in [-0.4, -0.2) is 32.8 Å². The molecule has 2 heterocycles. The molecule has 0 fully saturated rings. The van der Waals surface area contributed by atoms with E-state index in [1.165, 1.54) is 11.3 Å². The molecule has 7 nitrogen and oxygen atoms in total. The fourth-order valence-corrected chi connectivity index (χ4v) is 5.10. The van der Waals surface area contributed by atoms with Gasteiger partial charge < -0.3 is 15.5 Å². The number of thiophene rings is 1. The number of nitrogens with one attached hydrogen (secondary N) is 2. The van der Waals surface area contributed by atoms with Crippen LogP contribution >= 0.6 is 11.3 Å². The van der Waals surface area contributed by atoms with Gasteiger partial charge in [-0.05, 0) is 41.3 Å². The largest absolute Gasteiger partial charge is 0.496 e. The summed E-state index contributed by atoms with van der Waals surface area (Å²) in [7, 11) is -1.95. The molecule has 4 rings (SSSR count). The molecule has 0 amide bonds. The van der Waals surface area contributed by atoms with Crippen molar-refractivity contribution in [1.82, 2.24) is 4.98 Å². The smallest absolute Gasteiger partial charge is 0.266 e. The first kappa shape index (κ1) is 19.4. The molecule has 0 radical (unpaired) electrons. The van der Waals surface area contributed by atoms with Crippen molar-refractivity contribution in [1.29, 1.82) is 0 Å². The number of methoxy groups -OCH3 is 1. The summed E-state index contributed by atoms with van der Waals surface area (Å²) < 4.78 is 33.0. The maximum absolute atomic E-state index is 12.4. The van der Waals surface area contributed by atoms with Crippen LogP contribution in [0.3, 0.4) is 0 Å². The van der Waals surface area contributed by atoms with E-state index in [1.54, 1.807) is 31.4 Å².